The van der Waals surface area contributed by atoms with Gasteiger partial charge < -0.3 is 14.9 Å². The normalized spacial score (nSPS) is 14.2. The van der Waals surface area contributed by atoms with Gasteiger partial charge in [0.25, 0.3) is 0 Å². The highest BCUT2D eigenvalue weighted by molar-refractivity contribution is 6.31. The van der Waals surface area contributed by atoms with E-state index in [-0.39, 0.29) is 24.0 Å². The van der Waals surface area contributed by atoms with Crippen LogP contribution in [0.25, 0.3) is 22.3 Å². The van der Waals surface area contributed by atoms with Gasteiger partial charge in [0.15, 0.2) is 5.82 Å². The van der Waals surface area contributed by atoms with Crippen LogP contribution in [0, 0.1) is 5.82 Å². The Kier molecular flexibility index (Phi) is 5.56. The Morgan fingerprint density at radius 1 is 1.00 bits per heavy atom. The molecule has 0 bridgehead atoms. The zero-order valence-electron chi connectivity index (χ0n) is 17.6. The number of para-hydroxylation sites is 1. The van der Waals surface area contributed by atoms with Crippen LogP contribution >= 0.6 is 11.6 Å². The lowest BCUT2D eigenvalue weighted by Crippen LogP contribution is -2.50. The Morgan fingerprint density at radius 2 is 1.79 bits per heavy atom. The quantitative estimate of drug-likeness (QED) is 0.478. The van der Waals surface area contributed by atoms with E-state index in [1.54, 1.807) is 53.4 Å². The second-order valence-electron chi connectivity index (χ2n) is 7.91. The summed E-state index contributed by atoms with van der Waals surface area (Å²) in [5, 5.41) is 11.6. The first kappa shape index (κ1) is 21.2. The number of phenols is 1. The number of aromatic hydroxyl groups is 1. The van der Waals surface area contributed by atoms with Crippen LogP contribution in [-0.2, 0) is 11.3 Å². The number of amides is 1. The van der Waals surface area contributed by atoms with Crippen molar-refractivity contribution in [2.45, 2.75) is 6.54 Å². The SMILES string of the molecule is O=C1CN(c2nc(-c3ccccc3O)nc3cc(Cl)ccc23)CCN1Cc1ccc(F)cc1. The van der Waals surface area contributed by atoms with Crippen LogP contribution in [0.3, 0.4) is 0 Å². The van der Waals surface area contributed by atoms with E-state index >= 15 is 0 Å². The molecule has 33 heavy (non-hydrogen) atoms. The molecular formula is C25H20ClFN4O2. The van der Waals surface area contributed by atoms with Gasteiger partial charge in [-0.2, -0.15) is 0 Å². The molecule has 0 spiro atoms. The van der Waals surface area contributed by atoms with Gasteiger partial charge in [0.1, 0.15) is 17.4 Å². The molecule has 1 saturated heterocycles. The second-order valence-corrected chi connectivity index (χ2v) is 8.35. The lowest BCUT2D eigenvalue weighted by molar-refractivity contribution is -0.131. The molecule has 4 aromatic rings. The Hall–Kier alpha value is -3.71. The molecule has 0 aliphatic carbocycles. The van der Waals surface area contributed by atoms with E-state index < -0.39 is 0 Å². The molecule has 0 atom stereocenters. The number of aromatic nitrogens is 2. The predicted molar refractivity (Wildman–Crippen MR) is 126 cm³/mol. The maximum Gasteiger partial charge on any atom is 0.242 e. The van der Waals surface area contributed by atoms with Crippen molar-refractivity contribution in [1.29, 1.82) is 0 Å². The van der Waals surface area contributed by atoms with Crippen LogP contribution in [-0.4, -0.2) is 45.5 Å². The van der Waals surface area contributed by atoms with Crippen LogP contribution in [0.4, 0.5) is 10.2 Å². The molecule has 1 aromatic heterocycles. The van der Waals surface area contributed by atoms with Gasteiger partial charge in [-0.25, -0.2) is 14.4 Å². The fourth-order valence-electron chi connectivity index (χ4n) is 3.98. The van der Waals surface area contributed by atoms with Gasteiger partial charge in [-0.15, -0.1) is 0 Å². The predicted octanol–water partition coefficient (Wildman–Crippen LogP) is 4.64. The maximum atomic E-state index is 13.2. The average Bonchev–Trinajstić information content (AvgIpc) is 2.81. The number of fused-ring (bicyclic) bond motifs is 1. The molecule has 166 valence electrons. The lowest BCUT2D eigenvalue weighted by Gasteiger charge is -2.35. The highest BCUT2D eigenvalue weighted by Gasteiger charge is 2.27. The van der Waals surface area contributed by atoms with Crippen LogP contribution in [0.15, 0.2) is 66.7 Å². The molecule has 8 heteroatoms. The van der Waals surface area contributed by atoms with Crippen LogP contribution in [0.5, 0.6) is 5.75 Å². The summed E-state index contributed by atoms with van der Waals surface area (Å²) < 4.78 is 13.2. The van der Waals surface area contributed by atoms with Crippen LogP contribution in [0.2, 0.25) is 5.02 Å². The minimum atomic E-state index is -0.300. The monoisotopic (exact) mass is 462 g/mol. The second kappa shape index (κ2) is 8.67. The van der Waals surface area contributed by atoms with Crippen molar-refractivity contribution in [1.82, 2.24) is 14.9 Å². The third kappa shape index (κ3) is 4.32. The number of anilines is 1. The summed E-state index contributed by atoms with van der Waals surface area (Å²) in [7, 11) is 0. The number of rotatable bonds is 4. The molecule has 2 heterocycles. The molecule has 1 amide bonds. The van der Waals surface area contributed by atoms with Crippen molar-refractivity contribution >= 4 is 34.2 Å². The summed E-state index contributed by atoms with van der Waals surface area (Å²) in [6, 6.07) is 18.4. The topological polar surface area (TPSA) is 69.6 Å². The highest BCUT2D eigenvalue weighted by atomic mass is 35.5. The summed E-state index contributed by atoms with van der Waals surface area (Å²) in [4.78, 5) is 26.0. The number of halogens is 2. The van der Waals surface area contributed by atoms with E-state index in [9.17, 15) is 14.3 Å². The van der Waals surface area contributed by atoms with E-state index in [0.717, 1.165) is 10.9 Å². The maximum absolute atomic E-state index is 13.2. The first-order valence-corrected chi connectivity index (χ1v) is 10.9. The fourth-order valence-corrected chi connectivity index (χ4v) is 4.14. The smallest absolute Gasteiger partial charge is 0.242 e. The van der Waals surface area contributed by atoms with Gasteiger partial charge in [0, 0.05) is 30.0 Å². The summed E-state index contributed by atoms with van der Waals surface area (Å²) in [5.74, 6) is 0.704. The van der Waals surface area contributed by atoms with Crippen molar-refractivity contribution in [3.8, 4) is 17.1 Å². The number of benzene rings is 3. The molecule has 0 radical (unpaired) electrons. The average molecular weight is 463 g/mol. The van der Waals surface area contributed by atoms with Gasteiger partial charge in [-0.05, 0) is 48.0 Å². The molecule has 0 unspecified atom stereocenters. The van der Waals surface area contributed by atoms with Crippen LogP contribution < -0.4 is 4.90 Å². The first-order chi connectivity index (χ1) is 16.0. The standard InChI is InChI=1S/C25H20ClFN4O2/c26-17-7-10-19-21(13-17)28-24(20-3-1-2-4-22(20)32)29-25(19)31-12-11-30(23(33)15-31)14-16-5-8-18(27)9-6-16/h1-10,13,32H,11-12,14-15H2. The van der Waals surface area contributed by atoms with E-state index in [2.05, 4.69) is 4.98 Å². The Balaban J connectivity index is 1.47. The van der Waals surface area contributed by atoms with Crippen molar-refractivity contribution in [3.63, 3.8) is 0 Å². The summed E-state index contributed by atoms with van der Waals surface area (Å²) in [6.45, 7) is 1.65. The van der Waals surface area contributed by atoms with Gasteiger partial charge in [-0.1, -0.05) is 35.9 Å². The van der Waals surface area contributed by atoms with E-state index in [4.69, 9.17) is 16.6 Å². The van der Waals surface area contributed by atoms with Gasteiger partial charge in [0.05, 0.1) is 17.6 Å². The number of hydrogen-bond acceptors (Lipinski definition) is 5. The van der Waals surface area contributed by atoms with Crippen LogP contribution in [0.1, 0.15) is 5.56 Å². The molecular weight excluding hydrogens is 443 g/mol. The Morgan fingerprint density at radius 3 is 2.55 bits per heavy atom. The summed E-state index contributed by atoms with van der Waals surface area (Å²) in [5.41, 5.74) is 2.01. The molecule has 1 fully saturated rings. The van der Waals surface area contributed by atoms with Crippen molar-refractivity contribution in [3.05, 3.63) is 83.1 Å². The van der Waals surface area contributed by atoms with Gasteiger partial charge in [0.2, 0.25) is 5.91 Å². The van der Waals surface area contributed by atoms with Crippen molar-refractivity contribution in [2.24, 2.45) is 0 Å². The fraction of sp³-hybridized carbons (Fsp3) is 0.160. The van der Waals surface area contributed by atoms with Crippen molar-refractivity contribution < 1.29 is 14.3 Å². The molecule has 1 N–H and O–H groups in total. The molecule has 1 aliphatic heterocycles. The minimum absolute atomic E-state index is 0.0459. The number of piperazine rings is 1. The number of carbonyl (C=O) groups excluding carboxylic acids is 1. The Labute approximate surface area is 194 Å². The zero-order valence-corrected chi connectivity index (χ0v) is 18.3. The third-order valence-corrected chi connectivity index (χ3v) is 5.92. The summed E-state index contributed by atoms with van der Waals surface area (Å²) >= 11 is 6.21. The lowest BCUT2D eigenvalue weighted by atomic mass is 10.1. The molecule has 6 nitrogen and oxygen atoms in total. The van der Waals surface area contributed by atoms with Crippen molar-refractivity contribution in [2.75, 3.05) is 24.5 Å². The molecule has 5 rings (SSSR count). The van der Waals surface area contributed by atoms with E-state index in [0.29, 0.717) is 47.4 Å². The number of hydrogen-bond donors (Lipinski definition) is 1. The largest absolute Gasteiger partial charge is 0.507 e. The van der Waals surface area contributed by atoms with Gasteiger partial charge >= 0.3 is 0 Å². The zero-order chi connectivity index (χ0) is 22.9. The number of carbonyl (C=O) groups is 1. The Bertz CT molecular complexity index is 1350. The third-order valence-electron chi connectivity index (χ3n) is 5.69. The molecule has 3 aromatic carbocycles. The summed E-state index contributed by atoms with van der Waals surface area (Å²) in [6.07, 6.45) is 0. The van der Waals surface area contributed by atoms with E-state index in [1.807, 2.05) is 11.0 Å². The van der Waals surface area contributed by atoms with E-state index in [1.165, 1.54) is 12.1 Å². The molecule has 1 aliphatic rings. The number of nitrogens with zero attached hydrogens (tertiary/aromatic N) is 4. The molecule has 0 saturated carbocycles. The number of phenolic OH excluding ortho intramolecular Hbond substituents is 1. The minimum Gasteiger partial charge on any atom is -0.507 e. The van der Waals surface area contributed by atoms with Gasteiger partial charge in [-0.3, -0.25) is 4.79 Å². The highest BCUT2D eigenvalue weighted by Crippen LogP contribution is 2.33. The first-order valence-electron chi connectivity index (χ1n) is 10.5.